The fourth-order valence-corrected chi connectivity index (χ4v) is 4.48. The van der Waals surface area contributed by atoms with Crippen molar-refractivity contribution in [2.75, 3.05) is 36.0 Å². The molecule has 1 unspecified atom stereocenters. The zero-order chi connectivity index (χ0) is 22.3. The van der Waals surface area contributed by atoms with Gasteiger partial charge in [0, 0.05) is 36.9 Å². The standard InChI is InChI=1S/C21H18Cl2F3N3O2/c22-14-4-5-17(16(23)11-14)29-19(30)12-18(20(29)31)28-8-6-27(7-9-28)15-3-1-2-13(10-15)21(24,25)26/h1-5,10-11,18H,6-9,12H2. The molecule has 2 fully saturated rings. The predicted octanol–water partition coefficient (Wildman–Crippen LogP) is 4.47. The van der Waals surface area contributed by atoms with Gasteiger partial charge >= 0.3 is 6.18 Å². The zero-order valence-corrected chi connectivity index (χ0v) is 17.7. The third kappa shape index (κ3) is 4.37. The summed E-state index contributed by atoms with van der Waals surface area (Å²) in [5.41, 5.74) is 0.0866. The fraction of sp³-hybridized carbons (Fsp3) is 0.333. The second kappa shape index (κ2) is 8.33. The molecule has 0 radical (unpaired) electrons. The third-order valence-electron chi connectivity index (χ3n) is 5.57. The molecule has 0 aromatic heterocycles. The second-order valence-corrected chi connectivity index (χ2v) is 8.30. The van der Waals surface area contributed by atoms with Crippen molar-refractivity contribution in [1.29, 1.82) is 0 Å². The first-order valence-electron chi connectivity index (χ1n) is 9.63. The number of rotatable bonds is 3. The van der Waals surface area contributed by atoms with E-state index in [1.165, 1.54) is 18.2 Å². The minimum Gasteiger partial charge on any atom is -0.369 e. The first kappa shape index (κ1) is 21.9. The monoisotopic (exact) mass is 471 g/mol. The molecule has 164 valence electrons. The van der Waals surface area contributed by atoms with E-state index in [9.17, 15) is 22.8 Å². The minimum absolute atomic E-state index is 0.0291. The highest BCUT2D eigenvalue weighted by atomic mass is 35.5. The molecule has 0 saturated carbocycles. The number of amides is 2. The van der Waals surface area contributed by atoms with Gasteiger partial charge in [0.15, 0.2) is 0 Å². The Labute approximate surface area is 186 Å². The zero-order valence-electron chi connectivity index (χ0n) is 16.2. The van der Waals surface area contributed by atoms with Gasteiger partial charge in [0.05, 0.1) is 28.7 Å². The first-order valence-corrected chi connectivity index (χ1v) is 10.4. The lowest BCUT2D eigenvalue weighted by Crippen LogP contribution is -2.52. The number of carbonyl (C=O) groups excluding carboxylic acids is 2. The highest BCUT2D eigenvalue weighted by Gasteiger charge is 2.44. The van der Waals surface area contributed by atoms with Gasteiger partial charge in [-0.05, 0) is 36.4 Å². The normalized spacial score (nSPS) is 20.6. The summed E-state index contributed by atoms with van der Waals surface area (Å²) in [6, 6.07) is 9.14. The molecular formula is C21H18Cl2F3N3O2. The van der Waals surface area contributed by atoms with Gasteiger partial charge in [-0.3, -0.25) is 14.5 Å². The van der Waals surface area contributed by atoms with Gasteiger partial charge in [-0.1, -0.05) is 29.3 Å². The Morgan fingerprint density at radius 3 is 2.29 bits per heavy atom. The lowest BCUT2D eigenvalue weighted by molar-refractivity contribution is -0.137. The van der Waals surface area contributed by atoms with Crippen LogP contribution in [0.5, 0.6) is 0 Å². The average molecular weight is 472 g/mol. The number of imide groups is 1. The molecule has 0 bridgehead atoms. The molecule has 2 amide bonds. The summed E-state index contributed by atoms with van der Waals surface area (Å²) in [7, 11) is 0. The van der Waals surface area contributed by atoms with Crippen LogP contribution >= 0.6 is 23.2 Å². The Hall–Kier alpha value is -2.29. The van der Waals surface area contributed by atoms with Crippen molar-refractivity contribution in [3.63, 3.8) is 0 Å². The van der Waals surface area contributed by atoms with Gasteiger partial charge in [0.2, 0.25) is 5.91 Å². The van der Waals surface area contributed by atoms with Crippen LogP contribution < -0.4 is 9.80 Å². The van der Waals surface area contributed by atoms with Crippen LogP contribution in [0.2, 0.25) is 10.0 Å². The number of hydrogen-bond donors (Lipinski definition) is 0. The van der Waals surface area contributed by atoms with E-state index >= 15 is 0 Å². The van der Waals surface area contributed by atoms with Crippen molar-refractivity contribution in [2.24, 2.45) is 0 Å². The van der Waals surface area contributed by atoms with Crippen molar-refractivity contribution >= 4 is 46.4 Å². The van der Waals surface area contributed by atoms with Gasteiger partial charge in [-0.15, -0.1) is 0 Å². The summed E-state index contributed by atoms with van der Waals surface area (Å²) < 4.78 is 39.0. The first-order chi connectivity index (χ1) is 14.6. The van der Waals surface area contributed by atoms with Gasteiger partial charge in [0.1, 0.15) is 0 Å². The molecule has 2 aliphatic rings. The fourth-order valence-electron chi connectivity index (χ4n) is 3.99. The highest BCUT2D eigenvalue weighted by Crippen LogP contribution is 2.34. The highest BCUT2D eigenvalue weighted by molar-refractivity contribution is 6.38. The molecule has 10 heteroatoms. The van der Waals surface area contributed by atoms with Crippen LogP contribution in [-0.4, -0.2) is 48.9 Å². The van der Waals surface area contributed by atoms with E-state index in [0.717, 1.165) is 17.0 Å². The van der Waals surface area contributed by atoms with Crippen molar-refractivity contribution in [1.82, 2.24) is 4.90 Å². The van der Waals surface area contributed by atoms with Crippen LogP contribution in [0.4, 0.5) is 24.5 Å². The molecule has 0 aliphatic carbocycles. The van der Waals surface area contributed by atoms with Crippen LogP contribution in [0.15, 0.2) is 42.5 Å². The Kier molecular flexibility index (Phi) is 5.89. The van der Waals surface area contributed by atoms with Crippen molar-refractivity contribution in [2.45, 2.75) is 18.6 Å². The van der Waals surface area contributed by atoms with Gasteiger partial charge in [-0.2, -0.15) is 13.2 Å². The van der Waals surface area contributed by atoms with Crippen LogP contribution in [0.1, 0.15) is 12.0 Å². The lowest BCUT2D eigenvalue weighted by atomic mass is 10.1. The van der Waals surface area contributed by atoms with Gasteiger partial charge in [-0.25, -0.2) is 4.90 Å². The number of carbonyl (C=O) groups is 2. The number of halogens is 5. The summed E-state index contributed by atoms with van der Waals surface area (Å²) in [5.74, 6) is -0.707. The molecule has 2 aromatic carbocycles. The van der Waals surface area contributed by atoms with Crippen molar-refractivity contribution in [3.8, 4) is 0 Å². The summed E-state index contributed by atoms with van der Waals surface area (Å²) >= 11 is 12.1. The third-order valence-corrected chi connectivity index (χ3v) is 6.10. The van der Waals surface area contributed by atoms with Crippen LogP contribution in [0.3, 0.4) is 0 Å². The van der Waals surface area contributed by atoms with E-state index < -0.39 is 17.8 Å². The predicted molar refractivity (Wildman–Crippen MR) is 113 cm³/mol. The van der Waals surface area contributed by atoms with Gasteiger partial charge in [0.25, 0.3) is 5.91 Å². The maximum Gasteiger partial charge on any atom is 0.416 e. The Morgan fingerprint density at radius 1 is 0.935 bits per heavy atom. The van der Waals surface area contributed by atoms with Crippen LogP contribution in [-0.2, 0) is 15.8 Å². The largest absolute Gasteiger partial charge is 0.416 e. The molecule has 1 atom stereocenters. The van der Waals surface area contributed by atoms with E-state index in [-0.39, 0.29) is 23.3 Å². The molecule has 2 aliphatic heterocycles. The van der Waals surface area contributed by atoms with E-state index in [0.29, 0.717) is 42.6 Å². The van der Waals surface area contributed by atoms with E-state index in [2.05, 4.69) is 0 Å². The van der Waals surface area contributed by atoms with Crippen LogP contribution in [0.25, 0.3) is 0 Å². The molecular weight excluding hydrogens is 454 g/mol. The summed E-state index contributed by atoms with van der Waals surface area (Å²) in [6.07, 6.45) is -4.37. The molecule has 4 rings (SSSR count). The summed E-state index contributed by atoms with van der Waals surface area (Å²) in [6.45, 7) is 1.78. The van der Waals surface area contributed by atoms with E-state index in [1.807, 2.05) is 9.80 Å². The van der Waals surface area contributed by atoms with Crippen molar-refractivity contribution < 1.29 is 22.8 Å². The minimum atomic E-state index is -4.40. The molecule has 2 heterocycles. The lowest BCUT2D eigenvalue weighted by Gasteiger charge is -2.38. The number of alkyl halides is 3. The molecule has 0 N–H and O–H groups in total. The molecule has 31 heavy (non-hydrogen) atoms. The Morgan fingerprint density at radius 2 is 1.65 bits per heavy atom. The maximum absolute atomic E-state index is 13.0. The molecule has 0 spiro atoms. The maximum atomic E-state index is 13.0. The topological polar surface area (TPSA) is 43.9 Å². The second-order valence-electron chi connectivity index (χ2n) is 7.45. The van der Waals surface area contributed by atoms with Crippen molar-refractivity contribution in [3.05, 3.63) is 58.1 Å². The summed E-state index contributed by atoms with van der Waals surface area (Å²) in [5, 5.41) is 0.610. The number of benzene rings is 2. The Bertz CT molecular complexity index is 1020. The van der Waals surface area contributed by atoms with Gasteiger partial charge < -0.3 is 4.90 Å². The average Bonchev–Trinajstić information content (AvgIpc) is 3.02. The summed E-state index contributed by atoms with van der Waals surface area (Å²) in [4.78, 5) is 30.4. The Balaban J connectivity index is 1.45. The molecule has 5 nitrogen and oxygen atoms in total. The molecule has 2 saturated heterocycles. The SMILES string of the molecule is O=C1CC(N2CCN(c3cccc(C(F)(F)F)c3)CC2)C(=O)N1c1ccc(Cl)cc1Cl. The van der Waals surface area contributed by atoms with E-state index in [4.69, 9.17) is 23.2 Å². The molecule has 2 aromatic rings. The number of nitrogens with zero attached hydrogens (tertiary/aromatic N) is 3. The quantitative estimate of drug-likeness (QED) is 0.619. The number of hydrogen-bond acceptors (Lipinski definition) is 4. The number of anilines is 2. The van der Waals surface area contributed by atoms with E-state index in [1.54, 1.807) is 12.1 Å². The smallest absolute Gasteiger partial charge is 0.369 e. The number of piperazine rings is 1. The van der Waals surface area contributed by atoms with Crippen LogP contribution in [0, 0.1) is 0 Å².